The van der Waals surface area contributed by atoms with Gasteiger partial charge >= 0.3 is 6.03 Å². The molecule has 1 aromatic carbocycles. The van der Waals surface area contributed by atoms with Gasteiger partial charge in [0.15, 0.2) is 0 Å². The van der Waals surface area contributed by atoms with Gasteiger partial charge in [0.05, 0.1) is 0 Å². The number of nitrogens with two attached hydrogens (primary N) is 1. The molecule has 98 valence electrons. The molecule has 0 aliphatic heterocycles. The van der Waals surface area contributed by atoms with Crippen molar-refractivity contribution in [3.8, 4) is 0 Å². The molecular formula is C14H21N3O. The summed E-state index contributed by atoms with van der Waals surface area (Å²) in [6.45, 7) is 0.741. The lowest BCUT2D eigenvalue weighted by molar-refractivity contribution is 0.246. The number of benzene rings is 1. The minimum Gasteiger partial charge on any atom is -0.338 e. The van der Waals surface area contributed by atoms with Gasteiger partial charge in [0, 0.05) is 18.3 Å². The summed E-state index contributed by atoms with van der Waals surface area (Å²) < 4.78 is 0. The van der Waals surface area contributed by atoms with Gasteiger partial charge in [-0.3, -0.25) is 0 Å². The molecule has 0 radical (unpaired) electrons. The minimum atomic E-state index is -0.129. The molecule has 1 saturated carbocycles. The SMILES string of the molecule is NC1CCC(CNC(=O)Nc2ccccc2)CC1. The van der Waals surface area contributed by atoms with Crippen LogP contribution < -0.4 is 16.4 Å². The Kier molecular flexibility index (Phi) is 4.59. The van der Waals surface area contributed by atoms with Crippen LogP contribution in [-0.4, -0.2) is 18.6 Å². The van der Waals surface area contributed by atoms with Crippen LogP contribution in [0.5, 0.6) is 0 Å². The summed E-state index contributed by atoms with van der Waals surface area (Å²) in [5.41, 5.74) is 6.68. The van der Waals surface area contributed by atoms with Crippen LogP contribution >= 0.6 is 0 Å². The zero-order valence-electron chi connectivity index (χ0n) is 10.6. The Morgan fingerprint density at radius 1 is 1.17 bits per heavy atom. The van der Waals surface area contributed by atoms with Gasteiger partial charge in [-0.05, 0) is 43.7 Å². The van der Waals surface area contributed by atoms with E-state index in [1.54, 1.807) is 0 Å². The average molecular weight is 247 g/mol. The fraction of sp³-hybridized carbons (Fsp3) is 0.500. The topological polar surface area (TPSA) is 67.1 Å². The van der Waals surface area contributed by atoms with Gasteiger partial charge in [0.1, 0.15) is 0 Å². The highest BCUT2D eigenvalue weighted by Crippen LogP contribution is 2.22. The summed E-state index contributed by atoms with van der Waals surface area (Å²) in [7, 11) is 0. The Morgan fingerprint density at radius 3 is 2.50 bits per heavy atom. The zero-order valence-corrected chi connectivity index (χ0v) is 10.6. The molecule has 2 rings (SSSR count). The Labute approximate surface area is 108 Å². The van der Waals surface area contributed by atoms with Crippen LogP contribution in [0.25, 0.3) is 0 Å². The van der Waals surface area contributed by atoms with E-state index in [4.69, 9.17) is 5.73 Å². The molecular weight excluding hydrogens is 226 g/mol. The van der Waals surface area contributed by atoms with Gasteiger partial charge in [-0.15, -0.1) is 0 Å². The molecule has 0 saturated heterocycles. The third-order valence-corrected chi connectivity index (χ3v) is 3.47. The standard InChI is InChI=1S/C14H21N3O/c15-12-8-6-11(7-9-12)10-16-14(18)17-13-4-2-1-3-5-13/h1-5,11-12H,6-10,15H2,(H2,16,17,18). The number of hydrogen-bond donors (Lipinski definition) is 3. The first-order valence-electron chi connectivity index (χ1n) is 6.59. The highest BCUT2D eigenvalue weighted by Gasteiger charge is 2.18. The van der Waals surface area contributed by atoms with Crippen LogP contribution in [-0.2, 0) is 0 Å². The minimum absolute atomic E-state index is 0.129. The number of rotatable bonds is 3. The maximum atomic E-state index is 11.7. The van der Waals surface area contributed by atoms with Crippen LogP contribution in [0, 0.1) is 5.92 Å². The zero-order chi connectivity index (χ0) is 12.8. The van der Waals surface area contributed by atoms with Gasteiger partial charge in [-0.25, -0.2) is 4.79 Å². The van der Waals surface area contributed by atoms with Crippen LogP contribution in [0.2, 0.25) is 0 Å². The van der Waals surface area contributed by atoms with Gasteiger partial charge in [-0.2, -0.15) is 0 Å². The van der Waals surface area contributed by atoms with E-state index >= 15 is 0 Å². The van der Waals surface area contributed by atoms with Crippen molar-refractivity contribution >= 4 is 11.7 Å². The fourth-order valence-corrected chi connectivity index (χ4v) is 2.33. The van der Waals surface area contributed by atoms with E-state index < -0.39 is 0 Å². The first kappa shape index (κ1) is 12.9. The summed E-state index contributed by atoms with van der Waals surface area (Å²) in [6, 6.07) is 9.71. The van der Waals surface area contributed by atoms with E-state index in [2.05, 4.69) is 10.6 Å². The quantitative estimate of drug-likeness (QED) is 0.767. The summed E-state index contributed by atoms with van der Waals surface area (Å²) in [5.74, 6) is 0.575. The van der Waals surface area contributed by atoms with Gasteiger partial charge in [-0.1, -0.05) is 18.2 Å². The second kappa shape index (κ2) is 6.40. The van der Waals surface area contributed by atoms with E-state index in [0.29, 0.717) is 12.0 Å². The monoisotopic (exact) mass is 247 g/mol. The molecule has 0 atom stereocenters. The lowest BCUT2D eigenvalue weighted by Gasteiger charge is -2.26. The van der Waals surface area contributed by atoms with Crippen molar-refractivity contribution < 1.29 is 4.79 Å². The van der Waals surface area contributed by atoms with Gasteiger partial charge < -0.3 is 16.4 Å². The van der Waals surface area contributed by atoms with Crippen LogP contribution in [0.4, 0.5) is 10.5 Å². The smallest absolute Gasteiger partial charge is 0.319 e. The summed E-state index contributed by atoms with van der Waals surface area (Å²) in [6.07, 6.45) is 4.39. The number of nitrogens with one attached hydrogen (secondary N) is 2. The number of carbonyl (C=O) groups is 1. The summed E-state index contributed by atoms with van der Waals surface area (Å²) in [4.78, 5) is 11.7. The van der Waals surface area contributed by atoms with Crippen LogP contribution in [0.15, 0.2) is 30.3 Å². The van der Waals surface area contributed by atoms with E-state index in [0.717, 1.165) is 37.9 Å². The molecule has 4 N–H and O–H groups in total. The van der Waals surface area contributed by atoms with Gasteiger partial charge in [0.25, 0.3) is 0 Å². The second-order valence-electron chi connectivity index (χ2n) is 4.98. The molecule has 1 fully saturated rings. The number of urea groups is 1. The number of amides is 2. The molecule has 1 aliphatic rings. The Bertz CT molecular complexity index is 372. The highest BCUT2D eigenvalue weighted by atomic mass is 16.2. The molecule has 4 heteroatoms. The molecule has 0 spiro atoms. The molecule has 0 bridgehead atoms. The average Bonchev–Trinajstić information content (AvgIpc) is 2.39. The number of anilines is 1. The lowest BCUT2D eigenvalue weighted by atomic mass is 9.86. The lowest BCUT2D eigenvalue weighted by Crippen LogP contribution is -2.36. The summed E-state index contributed by atoms with van der Waals surface area (Å²) in [5, 5.41) is 5.74. The molecule has 18 heavy (non-hydrogen) atoms. The second-order valence-corrected chi connectivity index (χ2v) is 4.98. The Balaban J connectivity index is 1.69. The molecule has 0 aromatic heterocycles. The normalized spacial score (nSPS) is 23.4. The summed E-state index contributed by atoms with van der Waals surface area (Å²) >= 11 is 0. The molecule has 2 amide bonds. The van der Waals surface area contributed by atoms with Gasteiger partial charge in [0.2, 0.25) is 0 Å². The Morgan fingerprint density at radius 2 is 1.83 bits per heavy atom. The van der Waals surface area contributed by atoms with Crippen molar-refractivity contribution in [3.63, 3.8) is 0 Å². The third-order valence-electron chi connectivity index (χ3n) is 3.47. The maximum absolute atomic E-state index is 11.7. The van der Waals surface area contributed by atoms with Crippen molar-refractivity contribution in [1.82, 2.24) is 5.32 Å². The van der Waals surface area contributed by atoms with E-state index in [-0.39, 0.29) is 6.03 Å². The molecule has 0 unspecified atom stereocenters. The maximum Gasteiger partial charge on any atom is 0.319 e. The largest absolute Gasteiger partial charge is 0.338 e. The van der Waals surface area contributed by atoms with Crippen molar-refractivity contribution in [2.75, 3.05) is 11.9 Å². The first-order chi connectivity index (χ1) is 8.74. The predicted molar refractivity (Wildman–Crippen MR) is 73.4 cm³/mol. The number of hydrogen-bond acceptors (Lipinski definition) is 2. The fourth-order valence-electron chi connectivity index (χ4n) is 2.33. The predicted octanol–water partition coefficient (Wildman–Crippen LogP) is 2.33. The molecule has 0 heterocycles. The number of carbonyl (C=O) groups excluding carboxylic acids is 1. The van der Waals surface area contributed by atoms with E-state index in [1.165, 1.54) is 0 Å². The number of para-hydroxylation sites is 1. The van der Waals surface area contributed by atoms with Crippen LogP contribution in [0.1, 0.15) is 25.7 Å². The molecule has 1 aliphatic carbocycles. The Hall–Kier alpha value is -1.55. The van der Waals surface area contributed by atoms with Crippen molar-refractivity contribution in [1.29, 1.82) is 0 Å². The molecule has 1 aromatic rings. The first-order valence-corrected chi connectivity index (χ1v) is 6.59. The van der Waals surface area contributed by atoms with Crippen LogP contribution in [0.3, 0.4) is 0 Å². The van der Waals surface area contributed by atoms with E-state index in [1.807, 2.05) is 30.3 Å². The molecule has 4 nitrogen and oxygen atoms in total. The van der Waals surface area contributed by atoms with Crippen molar-refractivity contribution in [2.45, 2.75) is 31.7 Å². The highest BCUT2D eigenvalue weighted by molar-refractivity contribution is 5.89. The van der Waals surface area contributed by atoms with E-state index in [9.17, 15) is 4.79 Å². The van der Waals surface area contributed by atoms with Crippen molar-refractivity contribution in [2.24, 2.45) is 11.7 Å². The third kappa shape index (κ3) is 4.04. The van der Waals surface area contributed by atoms with Crippen molar-refractivity contribution in [3.05, 3.63) is 30.3 Å².